The molecule has 0 radical (unpaired) electrons. The molecule has 294 valence electrons. The highest BCUT2D eigenvalue weighted by molar-refractivity contribution is 7.11. The van der Waals surface area contributed by atoms with Crippen LogP contribution < -0.4 is 5.56 Å². The van der Waals surface area contributed by atoms with E-state index < -0.39 is 0 Å². The van der Waals surface area contributed by atoms with Crippen molar-refractivity contribution in [1.82, 2.24) is 14.5 Å². The van der Waals surface area contributed by atoms with Crippen LogP contribution in [0.15, 0.2) is 123 Å². The minimum absolute atomic E-state index is 0. The van der Waals surface area contributed by atoms with Crippen molar-refractivity contribution < 1.29 is 4.42 Å². The van der Waals surface area contributed by atoms with Crippen LogP contribution in [-0.4, -0.2) is 14.5 Å². The van der Waals surface area contributed by atoms with E-state index in [9.17, 15) is 4.79 Å². The summed E-state index contributed by atoms with van der Waals surface area (Å²) in [6, 6.07) is 23.9. The molecule has 0 amide bonds. The molecule has 0 unspecified atom stereocenters. The summed E-state index contributed by atoms with van der Waals surface area (Å²) in [5.41, 5.74) is 7.16. The Morgan fingerprint density at radius 1 is 0.582 bits per heavy atom. The van der Waals surface area contributed by atoms with Gasteiger partial charge in [-0.15, -0.1) is 45.3 Å². The average molecular weight is 814 g/mol. The molecule has 0 aliphatic carbocycles. The van der Waals surface area contributed by atoms with Crippen LogP contribution in [0.5, 0.6) is 0 Å². The third-order valence-electron chi connectivity index (χ3n) is 7.83. The molecule has 0 saturated carbocycles. The number of thiophene rings is 3. The summed E-state index contributed by atoms with van der Waals surface area (Å²) in [5.74, 6) is 2.03. The molecule has 0 fully saturated rings. The number of hydrogen-bond acceptors (Lipinski definition) is 8. The lowest BCUT2D eigenvalue weighted by Crippen LogP contribution is -2.12. The molecular formula is C46H59N3O2S4. The maximum Gasteiger partial charge on any atom is 0.250 e. The first-order valence-corrected chi connectivity index (χ1v) is 21.0. The maximum absolute atomic E-state index is 10.6. The third kappa shape index (κ3) is 19.7. The summed E-state index contributed by atoms with van der Waals surface area (Å²) in [7, 11) is 1.72. The van der Waals surface area contributed by atoms with Crippen molar-refractivity contribution in [2.24, 2.45) is 7.05 Å². The number of aryl methyl sites for hydroxylation is 12. The van der Waals surface area contributed by atoms with Gasteiger partial charge in [0.2, 0.25) is 5.56 Å². The lowest BCUT2D eigenvalue weighted by Gasteiger charge is -1.98. The second kappa shape index (κ2) is 26.4. The minimum atomic E-state index is 0. The van der Waals surface area contributed by atoms with Crippen LogP contribution in [0.1, 0.15) is 65.6 Å². The van der Waals surface area contributed by atoms with Crippen LogP contribution in [0.3, 0.4) is 0 Å². The van der Waals surface area contributed by atoms with Crippen molar-refractivity contribution >= 4 is 56.1 Å². The summed E-state index contributed by atoms with van der Waals surface area (Å²) in [5, 5.41) is 6.74. The number of fused-ring (bicyclic) bond motifs is 1. The van der Waals surface area contributed by atoms with Crippen LogP contribution >= 0.6 is 45.3 Å². The molecule has 8 rings (SSSR count). The van der Waals surface area contributed by atoms with Gasteiger partial charge in [-0.25, -0.2) is 0 Å². The summed E-state index contributed by atoms with van der Waals surface area (Å²) in [6.45, 7) is 22.9. The predicted octanol–water partition coefficient (Wildman–Crippen LogP) is 14.3. The fourth-order valence-electron chi connectivity index (χ4n) is 4.27. The van der Waals surface area contributed by atoms with E-state index in [1.807, 2.05) is 81.3 Å². The van der Waals surface area contributed by atoms with Crippen molar-refractivity contribution in [3.63, 3.8) is 0 Å². The molecule has 0 N–H and O–H groups in total. The number of hydrogen-bond donors (Lipinski definition) is 0. The van der Waals surface area contributed by atoms with E-state index in [-0.39, 0.29) is 13.0 Å². The van der Waals surface area contributed by atoms with Gasteiger partial charge < -0.3 is 8.98 Å². The van der Waals surface area contributed by atoms with Crippen molar-refractivity contribution in [3.8, 4) is 0 Å². The molecule has 0 aliphatic heterocycles. The van der Waals surface area contributed by atoms with Crippen molar-refractivity contribution in [1.29, 1.82) is 0 Å². The largest absolute Gasteiger partial charge is 0.466 e. The Morgan fingerprint density at radius 2 is 1.16 bits per heavy atom. The number of furan rings is 1. The normalized spacial score (nSPS) is 9.38. The number of pyridine rings is 2. The van der Waals surface area contributed by atoms with Gasteiger partial charge in [0.25, 0.3) is 0 Å². The summed E-state index contributed by atoms with van der Waals surface area (Å²) in [6.07, 6.45) is 7.36. The molecule has 7 heterocycles. The van der Waals surface area contributed by atoms with Crippen molar-refractivity contribution in [2.45, 2.75) is 83.6 Å². The van der Waals surface area contributed by atoms with Crippen LogP contribution in [0.2, 0.25) is 0 Å². The Hall–Kier alpha value is -4.41. The number of rotatable bonds is 0. The van der Waals surface area contributed by atoms with Gasteiger partial charge in [0.15, 0.2) is 0 Å². The van der Waals surface area contributed by atoms with Gasteiger partial charge in [-0.3, -0.25) is 14.8 Å². The highest BCUT2D eigenvalue weighted by atomic mass is 32.1. The summed E-state index contributed by atoms with van der Waals surface area (Å²) < 4.78 is 6.74. The smallest absolute Gasteiger partial charge is 0.250 e. The topological polar surface area (TPSA) is 60.9 Å². The molecular weight excluding hydrogens is 755 g/mol. The molecule has 55 heavy (non-hydrogen) atoms. The quantitative estimate of drug-likeness (QED) is 0.153. The first-order chi connectivity index (χ1) is 25.7. The SMILES string of the molecule is C.Cc1cc(C)c(C)o1.Cc1ccc(C)s1.Cc1ccsc1C.Cc1ccsc1C.Cc1cncc2ccccc12.Cc1cncs1.Cn1ccccc1=O. The molecule has 0 spiro atoms. The Balaban J connectivity index is 0.000000323. The molecule has 0 aliphatic rings. The molecule has 8 aromatic rings. The molecule has 0 bridgehead atoms. The van der Waals surface area contributed by atoms with E-state index in [0.717, 1.165) is 11.5 Å². The van der Waals surface area contributed by atoms with E-state index >= 15 is 0 Å². The van der Waals surface area contributed by atoms with Crippen LogP contribution in [0.25, 0.3) is 10.8 Å². The van der Waals surface area contributed by atoms with E-state index in [1.165, 1.54) is 68.0 Å². The third-order valence-corrected chi connectivity index (χ3v) is 11.3. The average Bonchev–Trinajstić information content (AvgIpc) is 3.99. The van der Waals surface area contributed by atoms with Crippen LogP contribution in [-0.2, 0) is 7.05 Å². The summed E-state index contributed by atoms with van der Waals surface area (Å²) in [4.78, 5) is 25.5. The van der Waals surface area contributed by atoms with E-state index in [0.29, 0.717) is 0 Å². The number of benzene rings is 1. The fourth-order valence-corrected chi connectivity index (χ4v) is 6.92. The van der Waals surface area contributed by atoms with E-state index in [1.54, 1.807) is 53.3 Å². The molecule has 7 aromatic heterocycles. The molecule has 0 atom stereocenters. The van der Waals surface area contributed by atoms with Crippen LogP contribution in [0, 0.1) is 76.2 Å². The Labute approximate surface area is 346 Å². The second-order valence-electron chi connectivity index (χ2n) is 12.5. The first kappa shape index (κ1) is 48.6. The fraction of sp³-hybridized carbons (Fsp3) is 0.283. The minimum Gasteiger partial charge on any atom is -0.466 e. The zero-order chi connectivity index (χ0) is 40.0. The van der Waals surface area contributed by atoms with Gasteiger partial charge in [-0.2, -0.15) is 0 Å². The number of thiazole rings is 1. The lowest BCUT2D eigenvalue weighted by molar-refractivity contribution is 0.502. The van der Waals surface area contributed by atoms with Gasteiger partial charge in [0.05, 0.1) is 5.51 Å². The number of aromatic nitrogens is 3. The van der Waals surface area contributed by atoms with Gasteiger partial charge in [0.1, 0.15) is 11.5 Å². The highest BCUT2D eigenvalue weighted by Gasteiger charge is 1.96. The molecule has 1 aromatic carbocycles. The molecule has 0 saturated heterocycles. The van der Waals surface area contributed by atoms with Gasteiger partial charge in [0, 0.05) is 67.7 Å². The van der Waals surface area contributed by atoms with E-state index in [4.69, 9.17) is 4.42 Å². The van der Waals surface area contributed by atoms with Gasteiger partial charge in [-0.1, -0.05) is 37.8 Å². The second-order valence-corrected chi connectivity index (χ2v) is 17.3. The standard InChI is InChI=1S/C10H9N.C7H10O.C6H7NO.3C6H8S.C4H5NS.CH4/c1-8-6-11-7-9-4-2-3-5-10(8)9;1-5-4-6(2)8-7(5)3;1-7-5-3-2-4-6(7)8;2*1-5-3-4-7-6(5)2;1-5-3-4-6(2)7-5;1-4-2-5-3-6-4;/h2-7H,1H3;4H,1-3H3;2-5H,1H3;3*3-4H,1-2H3;2-3H,1H3;1H4. The first-order valence-electron chi connectivity index (χ1n) is 17.5. The van der Waals surface area contributed by atoms with Crippen molar-refractivity contribution in [3.05, 3.63) is 182 Å². The predicted molar refractivity (Wildman–Crippen MR) is 246 cm³/mol. The van der Waals surface area contributed by atoms with Gasteiger partial charge in [-0.05, 0) is 151 Å². The molecule has 9 heteroatoms. The monoisotopic (exact) mass is 813 g/mol. The highest BCUT2D eigenvalue weighted by Crippen LogP contribution is 2.16. The van der Waals surface area contributed by atoms with E-state index in [2.05, 4.69) is 112 Å². The zero-order valence-corrected chi connectivity index (χ0v) is 37.0. The maximum atomic E-state index is 10.6. The lowest BCUT2D eigenvalue weighted by atomic mass is 10.1. The Morgan fingerprint density at radius 3 is 1.45 bits per heavy atom. The summed E-state index contributed by atoms with van der Waals surface area (Å²) >= 11 is 7.12. The van der Waals surface area contributed by atoms with Crippen molar-refractivity contribution in [2.75, 3.05) is 0 Å². The Kier molecular flexibility index (Phi) is 23.3. The Bertz CT molecular complexity index is 2140. The van der Waals surface area contributed by atoms with Crippen LogP contribution in [0.4, 0.5) is 0 Å². The molecule has 5 nitrogen and oxygen atoms in total. The number of nitrogens with zero attached hydrogens (tertiary/aromatic N) is 3. The zero-order valence-electron chi connectivity index (χ0n) is 33.8. The van der Waals surface area contributed by atoms with Gasteiger partial charge >= 0.3 is 0 Å².